The SMILES string of the molecule is CCOc1cccc(NS(=O)(=O)CCO)c1. The molecule has 0 aliphatic rings. The first-order chi connectivity index (χ1) is 7.57. The number of sulfonamides is 1. The van der Waals surface area contributed by atoms with E-state index in [4.69, 9.17) is 9.84 Å². The van der Waals surface area contributed by atoms with E-state index in [0.29, 0.717) is 18.0 Å². The van der Waals surface area contributed by atoms with E-state index in [1.54, 1.807) is 24.3 Å². The van der Waals surface area contributed by atoms with Crippen molar-refractivity contribution in [3.63, 3.8) is 0 Å². The molecule has 6 heteroatoms. The van der Waals surface area contributed by atoms with Gasteiger partial charge in [0.05, 0.1) is 24.7 Å². The van der Waals surface area contributed by atoms with Crippen LogP contribution in [0.1, 0.15) is 6.92 Å². The Morgan fingerprint density at radius 2 is 2.19 bits per heavy atom. The summed E-state index contributed by atoms with van der Waals surface area (Å²) >= 11 is 0. The lowest BCUT2D eigenvalue weighted by molar-refractivity contribution is 0.320. The molecule has 0 aliphatic carbocycles. The van der Waals surface area contributed by atoms with Gasteiger partial charge in [-0.1, -0.05) is 6.07 Å². The maximum Gasteiger partial charge on any atom is 0.234 e. The number of benzene rings is 1. The lowest BCUT2D eigenvalue weighted by Crippen LogP contribution is -2.18. The van der Waals surface area contributed by atoms with Gasteiger partial charge < -0.3 is 9.84 Å². The fourth-order valence-corrected chi connectivity index (χ4v) is 2.00. The summed E-state index contributed by atoms with van der Waals surface area (Å²) in [5.74, 6) is 0.290. The van der Waals surface area contributed by atoms with Crippen LogP contribution in [0.3, 0.4) is 0 Å². The first-order valence-corrected chi connectivity index (χ1v) is 6.57. The van der Waals surface area contributed by atoms with Gasteiger partial charge in [0, 0.05) is 6.07 Å². The molecule has 0 unspecified atom stereocenters. The highest BCUT2D eigenvalue weighted by molar-refractivity contribution is 7.92. The Morgan fingerprint density at radius 3 is 2.81 bits per heavy atom. The van der Waals surface area contributed by atoms with E-state index < -0.39 is 16.6 Å². The van der Waals surface area contributed by atoms with Crippen molar-refractivity contribution < 1.29 is 18.3 Å². The second kappa shape index (κ2) is 5.72. The Morgan fingerprint density at radius 1 is 1.44 bits per heavy atom. The molecule has 0 spiro atoms. The molecule has 0 amide bonds. The molecule has 0 aliphatic heterocycles. The standard InChI is InChI=1S/C10H15NO4S/c1-2-15-10-5-3-4-9(8-10)11-16(13,14)7-6-12/h3-5,8,11-12H,2,6-7H2,1H3. The van der Waals surface area contributed by atoms with E-state index in [-0.39, 0.29) is 5.75 Å². The molecule has 1 rings (SSSR count). The quantitative estimate of drug-likeness (QED) is 0.778. The van der Waals surface area contributed by atoms with Crippen molar-refractivity contribution in [3.8, 4) is 5.75 Å². The number of rotatable bonds is 6. The van der Waals surface area contributed by atoms with Crippen LogP contribution in [0.5, 0.6) is 5.75 Å². The van der Waals surface area contributed by atoms with E-state index in [1.165, 1.54) is 0 Å². The molecule has 0 radical (unpaired) electrons. The van der Waals surface area contributed by atoms with E-state index in [9.17, 15) is 8.42 Å². The van der Waals surface area contributed by atoms with Crippen LogP contribution in [0, 0.1) is 0 Å². The van der Waals surface area contributed by atoms with Gasteiger partial charge in [-0.05, 0) is 19.1 Å². The molecule has 1 aromatic carbocycles. The zero-order valence-electron chi connectivity index (χ0n) is 9.01. The van der Waals surface area contributed by atoms with Crippen LogP contribution in [0.15, 0.2) is 24.3 Å². The number of anilines is 1. The largest absolute Gasteiger partial charge is 0.494 e. The predicted molar refractivity (Wildman–Crippen MR) is 62.1 cm³/mol. The summed E-state index contributed by atoms with van der Waals surface area (Å²) < 4.78 is 30.3. The highest BCUT2D eigenvalue weighted by Crippen LogP contribution is 2.18. The first-order valence-electron chi connectivity index (χ1n) is 4.91. The van der Waals surface area contributed by atoms with Crippen molar-refractivity contribution in [1.82, 2.24) is 0 Å². The third kappa shape index (κ3) is 4.08. The van der Waals surface area contributed by atoms with Gasteiger partial charge in [0.2, 0.25) is 10.0 Å². The van der Waals surface area contributed by atoms with Crippen molar-refractivity contribution in [2.75, 3.05) is 23.7 Å². The second-order valence-electron chi connectivity index (χ2n) is 3.11. The van der Waals surface area contributed by atoms with E-state index >= 15 is 0 Å². The van der Waals surface area contributed by atoms with Gasteiger partial charge in [0.15, 0.2) is 0 Å². The molecule has 0 atom stereocenters. The lowest BCUT2D eigenvalue weighted by atomic mass is 10.3. The molecule has 16 heavy (non-hydrogen) atoms. The third-order valence-electron chi connectivity index (χ3n) is 1.78. The van der Waals surface area contributed by atoms with Crippen LogP contribution in [0.4, 0.5) is 5.69 Å². The average molecular weight is 245 g/mol. The molecule has 0 aromatic heterocycles. The van der Waals surface area contributed by atoms with Crippen molar-refractivity contribution in [3.05, 3.63) is 24.3 Å². The number of aliphatic hydroxyl groups is 1. The Balaban J connectivity index is 2.77. The highest BCUT2D eigenvalue weighted by Gasteiger charge is 2.09. The maximum absolute atomic E-state index is 11.4. The topological polar surface area (TPSA) is 75.6 Å². The number of nitrogens with one attached hydrogen (secondary N) is 1. The second-order valence-corrected chi connectivity index (χ2v) is 4.95. The van der Waals surface area contributed by atoms with Crippen LogP contribution in [0.25, 0.3) is 0 Å². The Labute approximate surface area is 95.1 Å². The Hall–Kier alpha value is -1.27. The number of hydrogen-bond acceptors (Lipinski definition) is 4. The van der Waals surface area contributed by atoms with Crippen LogP contribution in [-0.4, -0.2) is 32.5 Å². The van der Waals surface area contributed by atoms with Crippen LogP contribution < -0.4 is 9.46 Å². The molecule has 5 nitrogen and oxygen atoms in total. The molecule has 2 N–H and O–H groups in total. The molecule has 0 saturated heterocycles. The summed E-state index contributed by atoms with van der Waals surface area (Å²) in [6.45, 7) is 1.97. The fourth-order valence-electron chi connectivity index (χ4n) is 1.17. The maximum atomic E-state index is 11.4. The number of aliphatic hydroxyl groups excluding tert-OH is 1. The van der Waals surface area contributed by atoms with Gasteiger partial charge in [-0.15, -0.1) is 0 Å². The van der Waals surface area contributed by atoms with E-state index in [0.717, 1.165) is 0 Å². The van der Waals surface area contributed by atoms with Crippen molar-refractivity contribution in [2.24, 2.45) is 0 Å². The predicted octanol–water partition coefficient (Wildman–Crippen LogP) is 0.819. The summed E-state index contributed by atoms with van der Waals surface area (Å²) in [6, 6.07) is 6.66. The van der Waals surface area contributed by atoms with E-state index in [1.807, 2.05) is 6.92 Å². The van der Waals surface area contributed by atoms with Gasteiger partial charge in [-0.25, -0.2) is 8.42 Å². The van der Waals surface area contributed by atoms with Crippen molar-refractivity contribution in [2.45, 2.75) is 6.92 Å². The van der Waals surface area contributed by atoms with Gasteiger partial charge in [-0.2, -0.15) is 0 Å². The number of hydrogen-bond donors (Lipinski definition) is 2. The average Bonchev–Trinajstić information content (AvgIpc) is 2.17. The molecule has 0 saturated carbocycles. The van der Waals surface area contributed by atoms with Crippen molar-refractivity contribution in [1.29, 1.82) is 0 Å². The molecule has 90 valence electrons. The van der Waals surface area contributed by atoms with Crippen LogP contribution >= 0.6 is 0 Å². The van der Waals surface area contributed by atoms with Gasteiger partial charge >= 0.3 is 0 Å². The third-order valence-corrected chi connectivity index (χ3v) is 3.05. The highest BCUT2D eigenvalue weighted by atomic mass is 32.2. The molecular formula is C10H15NO4S. The zero-order valence-corrected chi connectivity index (χ0v) is 9.83. The summed E-state index contributed by atoms with van der Waals surface area (Å²) in [4.78, 5) is 0. The summed E-state index contributed by atoms with van der Waals surface area (Å²) in [5, 5.41) is 8.57. The Kier molecular flexibility index (Phi) is 4.57. The van der Waals surface area contributed by atoms with Crippen molar-refractivity contribution >= 4 is 15.7 Å². The van der Waals surface area contributed by atoms with E-state index in [2.05, 4.69) is 4.72 Å². The van der Waals surface area contributed by atoms with Gasteiger partial charge in [-0.3, -0.25) is 4.72 Å². The summed E-state index contributed by atoms with van der Waals surface area (Å²) in [7, 11) is -3.47. The minimum absolute atomic E-state index is 0.314. The fraction of sp³-hybridized carbons (Fsp3) is 0.400. The first kappa shape index (κ1) is 12.8. The normalized spacial score (nSPS) is 11.1. The zero-order chi connectivity index (χ0) is 12.0. The smallest absolute Gasteiger partial charge is 0.234 e. The van der Waals surface area contributed by atoms with Gasteiger partial charge in [0.25, 0.3) is 0 Å². The molecule has 1 aromatic rings. The monoisotopic (exact) mass is 245 g/mol. The van der Waals surface area contributed by atoms with Crippen LogP contribution in [0.2, 0.25) is 0 Å². The molecule has 0 bridgehead atoms. The minimum atomic E-state index is -3.47. The number of ether oxygens (including phenoxy) is 1. The lowest BCUT2D eigenvalue weighted by Gasteiger charge is -2.08. The van der Waals surface area contributed by atoms with Crippen LogP contribution in [-0.2, 0) is 10.0 Å². The minimum Gasteiger partial charge on any atom is -0.494 e. The molecule has 0 fully saturated rings. The molecule has 0 heterocycles. The summed E-state index contributed by atoms with van der Waals surface area (Å²) in [6.07, 6.45) is 0. The molecular weight excluding hydrogens is 230 g/mol. The Bertz CT molecular complexity index is 430. The summed E-state index contributed by atoms with van der Waals surface area (Å²) in [5.41, 5.74) is 0.430. The van der Waals surface area contributed by atoms with Gasteiger partial charge in [0.1, 0.15) is 5.75 Å².